The predicted molar refractivity (Wildman–Crippen MR) is 102 cm³/mol. The zero-order chi connectivity index (χ0) is 18.8. The van der Waals surface area contributed by atoms with Crippen LogP contribution < -0.4 is 10.6 Å². The lowest BCUT2D eigenvalue weighted by Gasteiger charge is -2.10. The second-order valence-corrected chi connectivity index (χ2v) is 6.71. The summed E-state index contributed by atoms with van der Waals surface area (Å²) in [7, 11) is 0. The van der Waals surface area contributed by atoms with Gasteiger partial charge in [0.2, 0.25) is 11.8 Å². The molecule has 0 saturated carbocycles. The van der Waals surface area contributed by atoms with Gasteiger partial charge in [-0.2, -0.15) is 0 Å². The molecule has 0 bridgehead atoms. The molecule has 27 heavy (non-hydrogen) atoms. The van der Waals surface area contributed by atoms with Crippen LogP contribution >= 0.6 is 0 Å². The quantitative estimate of drug-likeness (QED) is 0.650. The molecule has 1 aromatic heterocycles. The van der Waals surface area contributed by atoms with Gasteiger partial charge in [0.15, 0.2) is 0 Å². The molecule has 138 valence electrons. The van der Waals surface area contributed by atoms with Gasteiger partial charge < -0.3 is 15.6 Å². The van der Waals surface area contributed by atoms with E-state index in [4.69, 9.17) is 0 Å². The van der Waals surface area contributed by atoms with E-state index >= 15 is 0 Å². The first kappa shape index (κ1) is 17.3. The van der Waals surface area contributed by atoms with Gasteiger partial charge in [-0.05, 0) is 30.0 Å². The van der Waals surface area contributed by atoms with E-state index in [1.807, 2.05) is 36.4 Å². The number of amides is 2. The van der Waals surface area contributed by atoms with Crippen molar-refractivity contribution in [3.05, 3.63) is 59.9 Å². The Hall–Kier alpha value is -3.15. The van der Waals surface area contributed by atoms with Crippen molar-refractivity contribution in [1.29, 1.82) is 0 Å². The third-order valence-corrected chi connectivity index (χ3v) is 4.94. The van der Waals surface area contributed by atoms with Gasteiger partial charge in [-0.15, -0.1) is 0 Å². The van der Waals surface area contributed by atoms with Crippen molar-refractivity contribution >= 4 is 22.7 Å². The van der Waals surface area contributed by atoms with E-state index in [2.05, 4.69) is 15.6 Å². The average molecular weight is 365 g/mol. The third-order valence-electron chi connectivity index (χ3n) is 4.94. The number of hydrogen-bond donors (Lipinski definition) is 3. The molecule has 6 heteroatoms. The Kier molecular flexibility index (Phi) is 4.62. The number of rotatable bonds is 5. The molecule has 2 heterocycles. The van der Waals surface area contributed by atoms with Gasteiger partial charge in [0.1, 0.15) is 11.9 Å². The second-order valence-electron chi connectivity index (χ2n) is 6.71. The summed E-state index contributed by atoms with van der Waals surface area (Å²) in [5, 5.41) is 6.26. The molecule has 1 aliphatic rings. The number of benzene rings is 2. The molecular formula is C21H20FN3O2. The molecule has 0 aliphatic carbocycles. The minimum Gasteiger partial charge on any atom is -0.354 e. The Labute approximate surface area is 156 Å². The molecule has 2 amide bonds. The number of H-pyrrole nitrogens is 1. The SMILES string of the molecule is O=C(CCc1c(-c2ccccc2)[nH]c2c(F)cccc12)NC1CCNC1=O. The molecule has 1 saturated heterocycles. The molecule has 4 rings (SSSR count). The molecule has 1 aliphatic heterocycles. The lowest BCUT2D eigenvalue weighted by Crippen LogP contribution is -2.40. The summed E-state index contributed by atoms with van der Waals surface area (Å²) in [5.74, 6) is -0.632. The standard InChI is InChI=1S/C21H20FN3O2/c22-16-8-4-7-14-15(9-10-18(26)24-17-11-12-23-21(17)27)19(25-20(14)16)13-5-2-1-3-6-13/h1-8,17,25H,9-12H2,(H,23,27)(H,24,26). The van der Waals surface area contributed by atoms with Crippen molar-refractivity contribution in [2.24, 2.45) is 0 Å². The third kappa shape index (κ3) is 3.43. The van der Waals surface area contributed by atoms with Crippen LogP contribution in [-0.4, -0.2) is 29.4 Å². The zero-order valence-corrected chi connectivity index (χ0v) is 14.7. The number of para-hydroxylation sites is 1. The number of aryl methyl sites for hydroxylation is 1. The van der Waals surface area contributed by atoms with Crippen LogP contribution in [0.4, 0.5) is 4.39 Å². The lowest BCUT2D eigenvalue weighted by molar-refractivity contribution is -0.127. The molecular weight excluding hydrogens is 345 g/mol. The molecule has 5 nitrogen and oxygen atoms in total. The first-order valence-corrected chi connectivity index (χ1v) is 9.05. The van der Waals surface area contributed by atoms with E-state index < -0.39 is 6.04 Å². The Morgan fingerprint density at radius 1 is 1.15 bits per heavy atom. The van der Waals surface area contributed by atoms with Gasteiger partial charge in [-0.25, -0.2) is 4.39 Å². The largest absolute Gasteiger partial charge is 0.354 e. The van der Waals surface area contributed by atoms with Crippen LogP contribution in [-0.2, 0) is 16.0 Å². The van der Waals surface area contributed by atoms with Gasteiger partial charge in [0, 0.05) is 24.0 Å². The maximum atomic E-state index is 14.3. The molecule has 1 fully saturated rings. The van der Waals surface area contributed by atoms with Crippen LogP contribution in [0.5, 0.6) is 0 Å². The summed E-state index contributed by atoms with van der Waals surface area (Å²) in [4.78, 5) is 27.1. The van der Waals surface area contributed by atoms with Crippen molar-refractivity contribution in [2.75, 3.05) is 6.54 Å². The number of aromatic nitrogens is 1. The maximum absolute atomic E-state index is 14.3. The first-order chi connectivity index (χ1) is 13.1. The summed E-state index contributed by atoms with van der Waals surface area (Å²) < 4.78 is 14.3. The monoisotopic (exact) mass is 365 g/mol. The van der Waals surface area contributed by atoms with Crippen LogP contribution in [0.3, 0.4) is 0 Å². The van der Waals surface area contributed by atoms with Crippen molar-refractivity contribution in [3.8, 4) is 11.3 Å². The van der Waals surface area contributed by atoms with Gasteiger partial charge >= 0.3 is 0 Å². The van der Waals surface area contributed by atoms with Crippen LogP contribution in [0, 0.1) is 5.82 Å². The summed E-state index contributed by atoms with van der Waals surface area (Å²) >= 11 is 0. The zero-order valence-electron chi connectivity index (χ0n) is 14.7. The molecule has 1 unspecified atom stereocenters. The van der Waals surface area contributed by atoms with E-state index in [1.165, 1.54) is 6.07 Å². The fraction of sp³-hybridized carbons (Fsp3) is 0.238. The van der Waals surface area contributed by atoms with Crippen molar-refractivity contribution < 1.29 is 14.0 Å². The highest BCUT2D eigenvalue weighted by molar-refractivity contribution is 5.92. The molecule has 3 N–H and O–H groups in total. The average Bonchev–Trinajstić information content (AvgIpc) is 3.25. The number of aromatic amines is 1. The van der Waals surface area contributed by atoms with Crippen molar-refractivity contribution in [2.45, 2.75) is 25.3 Å². The van der Waals surface area contributed by atoms with E-state index in [-0.39, 0.29) is 24.1 Å². The number of halogens is 1. The highest BCUT2D eigenvalue weighted by Crippen LogP contribution is 2.32. The summed E-state index contributed by atoms with van der Waals surface area (Å²) in [6, 6.07) is 14.2. The van der Waals surface area contributed by atoms with Crippen LogP contribution in [0.1, 0.15) is 18.4 Å². The number of fused-ring (bicyclic) bond motifs is 1. The van der Waals surface area contributed by atoms with Crippen LogP contribution in [0.15, 0.2) is 48.5 Å². The fourth-order valence-corrected chi connectivity index (χ4v) is 3.59. The highest BCUT2D eigenvalue weighted by atomic mass is 19.1. The Balaban J connectivity index is 1.61. The summed E-state index contributed by atoms with van der Waals surface area (Å²) in [6.07, 6.45) is 1.29. The van der Waals surface area contributed by atoms with Crippen molar-refractivity contribution in [3.63, 3.8) is 0 Å². The number of nitrogens with one attached hydrogen (secondary N) is 3. The first-order valence-electron chi connectivity index (χ1n) is 9.05. The van der Waals surface area contributed by atoms with Gasteiger partial charge in [-0.1, -0.05) is 42.5 Å². The predicted octanol–water partition coefficient (Wildman–Crippen LogP) is 2.91. The Morgan fingerprint density at radius 2 is 1.96 bits per heavy atom. The maximum Gasteiger partial charge on any atom is 0.242 e. The fourth-order valence-electron chi connectivity index (χ4n) is 3.59. The van der Waals surface area contributed by atoms with Gasteiger partial charge in [0.05, 0.1) is 5.52 Å². The van der Waals surface area contributed by atoms with E-state index in [0.717, 1.165) is 22.2 Å². The molecule has 3 aromatic rings. The van der Waals surface area contributed by atoms with Crippen LogP contribution in [0.2, 0.25) is 0 Å². The normalized spacial score (nSPS) is 16.5. The lowest BCUT2D eigenvalue weighted by atomic mass is 10.0. The number of carbonyl (C=O) groups excluding carboxylic acids is 2. The van der Waals surface area contributed by atoms with E-state index in [9.17, 15) is 14.0 Å². The minimum absolute atomic E-state index is 0.137. The highest BCUT2D eigenvalue weighted by Gasteiger charge is 2.25. The summed E-state index contributed by atoms with van der Waals surface area (Å²) in [6.45, 7) is 0.587. The van der Waals surface area contributed by atoms with E-state index in [1.54, 1.807) is 6.07 Å². The van der Waals surface area contributed by atoms with E-state index in [0.29, 0.717) is 24.9 Å². The Bertz CT molecular complexity index is 997. The molecule has 0 spiro atoms. The second kappa shape index (κ2) is 7.23. The Morgan fingerprint density at radius 3 is 2.70 bits per heavy atom. The molecule has 1 atom stereocenters. The van der Waals surface area contributed by atoms with Crippen molar-refractivity contribution in [1.82, 2.24) is 15.6 Å². The molecule has 2 aromatic carbocycles. The smallest absolute Gasteiger partial charge is 0.242 e. The van der Waals surface area contributed by atoms with Gasteiger partial charge in [0.25, 0.3) is 0 Å². The minimum atomic E-state index is -0.452. The molecule has 0 radical (unpaired) electrons. The topological polar surface area (TPSA) is 74.0 Å². The number of carbonyl (C=O) groups is 2. The van der Waals surface area contributed by atoms with Gasteiger partial charge in [-0.3, -0.25) is 9.59 Å². The van der Waals surface area contributed by atoms with Crippen LogP contribution in [0.25, 0.3) is 22.2 Å². The number of hydrogen-bond acceptors (Lipinski definition) is 2. The summed E-state index contributed by atoms with van der Waals surface area (Å²) in [5.41, 5.74) is 3.12.